The minimum Gasteiger partial charge on any atom is -0.394 e. The fraction of sp³-hybridized carbons (Fsp3) is 0.333. The van der Waals surface area contributed by atoms with Crippen molar-refractivity contribution in [1.29, 1.82) is 0 Å². The molecule has 1 aliphatic rings. The maximum atomic E-state index is 14.6. The zero-order valence-corrected chi connectivity index (χ0v) is 22.3. The number of aromatic nitrogens is 6. The first-order valence-electron chi connectivity index (χ1n) is 11.5. The lowest BCUT2D eigenvalue weighted by Gasteiger charge is -2.41. The number of hydrogen-bond acceptors (Lipinski definition) is 8. The van der Waals surface area contributed by atoms with Gasteiger partial charge in [-0.1, -0.05) is 22.9 Å². The highest BCUT2D eigenvalue weighted by Crippen LogP contribution is 2.39. The van der Waals surface area contributed by atoms with Crippen LogP contribution in [0.1, 0.15) is 29.4 Å². The van der Waals surface area contributed by atoms with Crippen LogP contribution in [0.4, 0.5) is 8.78 Å². The van der Waals surface area contributed by atoms with Gasteiger partial charge in [0, 0.05) is 10.6 Å². The average Bonchev–Trinajstić information content (AvgIpc) is 3.51. The van der Waals surface area contributed by atoms with Crippen molar-refractivity contribution in [1.82, 2.24) is 29.8 Å². The Morgan fingerprint density at radius 3 is 2.61 bits per heavy atom. The van der Waals surface area contributed by atoms with E-state index in [2.05, 4.69) is 36.3 Å². The Morgan fingerprint density at radius 2 is 1.87 bits per heavy atom. The van der Waals surface area contributed by atoms with E-state index in [9.17, 15) is 24.1 Å². The third-order valence-electron chi connectivity index (χ3n) is 6.41. The van der Waals surface area contributed by atoms with Gasteiger partial charge in [0.1, 0.15) is 42.0 Å². The first-order valence-corrected chi connectivity index (χ1v) is 12.7. The van der Waals surface area contributed by atoms with Crippen molar-refractivity contribution in [3.63, 3.8) is 0 Å². The van der Waals surface area contributed by atoms with Crippen molar-refractivity contribution >= 4 is 27.5 Å². The standard InChI is InChI=1S/C24H22BrClF2N6O4/c1-10-3-4-12(26)7-16(10)34-24(29-11(2)31-34)23-22(37)20(21(36)17(9-35)38-23)33-8-15(30-32-33)13-5-6-14(25)19(28)18(13)27/h3-8,17,20-23,35-37H,9H2,1-2H3/t17-,20+,21+,22-,23-/m1/s1. The molecular weight excluding hydrogens is 590 g/mol. The summed E-state index contributed by atoms with van der Waals surface area (Å²) in [6.07, 6.45) is -3.94. The van der Waals surface area contributed by atoms with Crippen LogP contribution in [-0.2, 0) is 4.74 Å². The highest BCUT2D eigenvalue weighted by molar-refractivity contribution is 9.10. The second-order valence-corrected chi connectivity index (χ2v) is 10.2. The largest absolute Gasteiger partial charge is 0.394 e. The van der Waals surface area contributed by atoms with E-state index in [1.807, 2.05) is 6.92 Å². The summed E-state index contributed by atoms with van der Waals surface area (Å²) < 4.78 is 37.1. The number of halogens is 4. The molecule has 0 spiro atoms. The van der Waals surface area contributed by atoms with Gasteiger partial charge in [-0.3, -0.25) is 0 Å². The molecular formula is C24H22BrClF2N6O4. The van der Waals surface area contributed by atoms with Gasteiger partial charge in [0.2, 0.25) is 0 Å². The van der Waals surface area contributed by atoms with Gasteiger partial charge in [0.15, 0.2) is 17.5 Å². The molecule has 5 rings (SSSR count). The molecule has 2 aromatic heterocycles. The molecule has 0 radical (unpaired) electrons. The normalized spacial score (nSPS) is 23.7. The summed E-state index contributed by atoms with van der Waals surface area (Å²) in [7, 11) is 0. The van der Waals surface area contributed by atoms with Crippen molar-refractivity contribution in [2.45, 2.75) is 44.3 Å². The van der Waals surface area contributed by atoms with Gasteiger partial charge in [-0.15, -0.1) is 5.10 Å². The number of aliphatic hydroxyl groups excluding tert-OH is 3. The van der Waals surface area contributed by atoms with Gasteiger partial charge in [0.05, 0.1) is 23.0 Å². The fourth-order valence-electron chi connectivity index (χ4n) is 4.50. The maximum absolute atomic E-state index is 14.6. The summed E-state index contributed by atoms with van der Waals surface area (Å²) in [5.74, 6) is -1.63. The van der Waals surface area contributed by atoms with Crippen LogP contribution in [-0.4, -0.2) is 70.0 Å². The molecule has 5 atom stereocenters. The van der Waals surface area contributed by atoms with E-state index in [0.29, 0.717) is 16.5 Å². The van der Waals surface area contributed by atoms with Crippen LogP contribution >= 0.6 is 27.5 Å². The molecule has 3 N–H and O–H groups in total. The quantitative estimate of drug-likeness (QED) is 0.293. The molecule has 200 valence electrons. The molecule has 0 unspecified atom stereocenters. The zero-order chi connectivity index (χ0) is 27.3. The number of benzene rings is 2. The van der Waals surface area contributed by atoms with E-state index in [-0.39, 0.29) is 21.6 Å². The van der Waals surface area contributed by atoms with Crippen molar-refractivity contribution in [2.75, 3.05) is 6.61 Å². The Kier molecular flexibility index (Phi) is 7.33. The lowest BCUT2D eigenvalue weighted by Crippen LogP contribution is -2.53. The zero-order valence-electron chi connectivity index (χ0n) is 20.0. The smallest absolute Gasteiger partial charge is 0.173 e. The number of ether oxygens (including phenoxy) is 1. The fourth-order valence-corrected chi connectivity index (χ4v) is 4.97. The van der Waals surface area contributed by atoms with E-state index < -0.39 is 48.7 Å². The highest BCUT2D eigenvalue weighted by Gasteiger charge is 2.48. The predicted octanol–water partition coefficient (Wildman–Crippen LogP) is 3.23. The molecule has 0 aliphatic carbocycles. The number of aryl methyl sites for hydroxylation is 2. The summed E-state index contributed by atoms with van der Waals surface area (Å²) in [4.78, 5) is 4.46. The number of aliphatic hydroxyl groups is 3. The molecule has 4 aromatic rings. The van der Waals surface area contributed by atoms with Gasteiger partial charge in [0.25, 0.3) is 0 Å². The molecule has 1 saturated heterocycles. The monoisotopic (exact) mass is 610 g/mol. The van der Waals surface area contributed by atoms with Crippen molar-refractivity contribution in [3.8, 4) is 16.9 Å². The summed E-state index contributed by atoms with van der Waals surface area (Å²) in [6.45, 7) is 2.94. The first kappa shape index (κ1) is 26.8. The number of rotatable bonds is 5. The Balaban J connectivity index is 1.56. The second kappa shape index (κ2) is 10.4. The molecule has 38 heavy (non-hydrogen) atoms. The molecule has 10 nitrogen and oxygen atoms in total. The van der Waals surface area contributed by atoms with Crippen LogP contribution in [0, 0.1) is 25.5 Å². The van der Waals surface area contributed by atoms with E-state index in [4.69, 9.17) is 16.3 Å². The molecule has 2 aromatic carbocycles. The molecule has 0 bridgehead atoms. The van der Waals surface area contributed by atoms with E-state index in [0.717, 1.165) is 10.2 Å². The molecule has 0 amide bonds. The topological polar surface area (TPSA) is 131 Å². The van der Waals surface area contributed by atoms with Crippen molar-refractivity contribution < 1.29 is 28.8 Å². The predicted molar refractivity (Wildman–Crippen MR) is 135 cm³/mol. The molecule has 0 saturated carbocycles. The van der Waals surface area contributed by atoms with Crippen LogP contribution in [0.15, 0.2) is 41.0 Å². The summed E-state index contributed by atoms with van der Waals surface area (Å²) in [6, 6.07) is 6.69. The van der Waals surface area contributed by atoms with Gasteiger partial charge >= 0.3 is 0 Å². The molecule has 1 fully saturated rings. The Bertz CT molecular complexity index is 1500. The average molecular weight is 612 g/mol. The number of hydrogen-bond donors (Lipinski definition) is 3. The molecule has 14 heteroatoms. The maximum Gasteiger partial charge on any atom is 0.173 e. The van der Waals surface area contributed by atoms with E-state index in [1.165, 1.54) is 23.0 Å². The van der Waals surface area contributed by atoms with Gasteiger partial charge < -0.3 is 20.1 Å². The minimum absolute atomic E-state index is 0.0227. The van der Waals surface area contributed by atoms with Crippen molar-refractivity contribution in [2.24, 2.45) is 0 Å². The summed E-state index contributed by atoms with van der Waals surface area (Å²) in [5, 5.41) is 45.2. The number of nitrogens with zero attached hydrogens (tertiary/aromatic N) is 6. The first-order chi connectivity index (χ1) is 18.1. The Labute approximate surface area is 228 Å². The van der Waals surface area contributed by atoms with Crippen LogP contribution in [0.25, 0.3) is 16.9 Å². The SMILES string of the molecule is Cc1nc([C@@H]2O[C@H](CO)[C@H](O)[C@H](n3cc(-c4ccc(Br)c(F)c4F)nn3)[C@H]2O)n(-c2cc(Cl)ccc2C)n1. The van der Waals surface area contributed by atoms with E-state index in [1.54, 1.807) is 25.1 Å². The van der Waals surface area contributed by atoms with E-state index >= 15 is 0 Å². The molecule has 1 aliphatic heterocycles. The third-order valence-corrected chi connectivity index (χ3v) is 7.26. The van der Waals surface area contributed by atoms with Gasteiger partial charge in [-0.2, -0.15) is 5.10 Å². The van der Waals surface area contributed by atoms with Crippen molar-refractivity contribution in [3.05, 3.63) is 74.9 Å². The summed E-state index contributed by atoms with van der Waals surface area (Å²) in [5.41, 5.74) is 1.24. The van der Waals surface area contributed by atoms with Crippen LogP contribution in [0.3, 0.4) is 0 Å². The summed E-state index contributed by atoms with van der Waals surface area (Å²) >= 11 is 9.14. The Hall–Kier alpha value is -2.81. The lowest BCUT2D eigenvalue weighted by molar-refractivity contribution is -0.210. The third kappa shape index (κ3) is 4.63. The Morgan fingerprint density at radius 1 is 1.11 bits per heavy atom. The second-order valence-electron chi connectivity index (χ2n) is 8.92. The lowest BCUT2D eigenvalue weighted by atomic mass is 9.92. The van der Waals surface area contributed by atoms with Crippen LogP contribution < -0.4 is 0 Å². The van der Waals surface area contributed by atoms with Crippen LogP contribution in [0.2, 0.25) is 5.02 Å². The highest BCUT2D eigenvalue weighted by atomic mass is 79.9. The molecule has 3 heterocycles. The minimum atomic E-state index is -1.46. The van der Waals surface area contributed by atoms with Gasteiger partial charge in [-0.05, 0) is 59.6 Å². The van der Waals surface area contributed by atoms with Gasteiger partial charge in [-0.25, -0.2) is 23.1 Å². The van der Waals surface area contributed by atoms with Crippen LogP contribution in [0.5, 0.6) is 0 Å².